The highest BCUT2D eigenvalue weighted by molar-refractivity contribution is 5.73. The van der Waals surface area contributed by atoms with Crippen molar-refractivity contribution in [3.8, 4) is 0 Å². The van der Waals surface area contributed by atoms with Crippen LogP contribution in [-0.2, 0) is 23.8 Å². The molecule has 10 heteroatoms. The molecule has 4 atom stereocenters. The zero-order valence-corrected chi connectivity index (χ0v) is 20.9. The van der Waals surface area contributed by atoms with Crippen molar-refractivity contribution in [1.29, 1.82) is 0 Å². The molecule has 2 aliphatic carbocycles. The molecule has 2 fully saturated rings. The molecule has 0 heterocycles. The van der Waals surface area contributed by atoms with E-state index in [2.05, 4.69) is 15.4 Å². The zero-order chi connectivity index (χ0) is 25.4. The molecule has 190 valence electrons. The molecule has 0 aromatic rings. The summed E-state index contributed by atoms with van der Waals surface area (Å²) in [6.45, 7) is 10.8. The van der Waals surface area contributed by atoms with Gasteiger partial charge in [0.2, 0.25) is 0 Å². The number of alkyl carbamates (subject to hydrolysis) is 2. The van der Waals surface area contributed by atoms with Gasteiger partial charge >= 0.3 is 24.1 Å². The molecule has 0 spiro atoms. The molecule has 0 radical (unpaired) electrons. The van der Waals surface area contributed by atoms with Crippen LogP contribution in [0.2, 0.25) is 0 Å². The van der Waals surface area contributed by atoms with E-state index in [1.165, 1.54) is 7.11 Å². The predicted octanol–water partition coefficient (Wildman–Crippen LogP) is 3.62. The Kier molecular flexibility index (Phi) is 10.4. The fourth-order valence-corrected chi connectivity index (χ4v) is 3.78. The summed E-state index contributed by atoms with van der Waals surface area (Å²) >= 11 is 0. The van der Waals surface area contributed by atoms with Crippen molar-refractivity contribution in [2.75, 3.05) is 7.11 Å². The second-order valence-corrected chi connectivity index (χ2v) is 10.6. The lowest BCUT2D eigenvalue weighted by atomic mass is 10.1. The van der Waals surface area contributed by atoms with Gasteiger partial charge < -0.3 is 30.0 Å². The molecule has 0 aromatic carbocycles. The molecule has 0 aliphatic heterocycles. The molecule has 2 amide bonds. The molecule has 3 N–H and O–H groups in total. The smallest absolute Gasteiger partial charge is 0.407 e. The van der Waals surface area contributed by atoms with Gasteiger partial charge in [-0.3, -0.25) is 9.59 Å². The van der Waals surface area contributed by atoms with E-state index in [-0.39, 0.29) is 29.9 Å². The Hall–Kier alpha value is -2.52. The first-order chi connectivity index (χ1) is 15.1. The van der Waals surface area contributed by atoms with Crippen molar-refractivity contribution in [2.45, 2.75) is 103 Å². The Balaban J connectivity index is 0.000000331. The predicted molar refractivity (Wildman–Crippen MR) is 121 cm³/mol. The Morgan fingerprint density at radius 3 is 1.45 bits per heavy atom. The minimum atomic E-state index is -0.784. The number of carbonyl (C=O) groups excluding carboxylic acids is 3. The Morgan fingerprint density at radius 1 is 0.727 bits per heavy atom. The third-order valence-corrected chi connectivity index (χ3v) is 5.19. The lowest BCUT2D eigenvalue weighted by Gasteiger charge is -2.21. The second-order valence-electron chi connectivity index (χ2n) is 10.6. The number of carboxylic acid groups (broad SMARTS) is 1. The van der Waals surface area contributed by atoms with Crippen LogP contribution >= 0.6 is 0 Å². The van der Waals surface area contributed by atoms with Gasteiger partial charge in [0.25, 0.3) is 0 Å². The molecule has 2 aliphatic rings. The van der Waals surface area contributed by atoms with Crippen LogP contribution in [0, 0.1) is 11.8 Å². The quantitative estimate of drug-likeness (QED) is 0.416. The molecule has 2 rings (SSSR count). The highest BCUT2D eigenvalue weighted by atomic mass is 16.6. The minimum absolute atomic E-state index is 0.00829. The number of esters is 1. The van der Waals surface area contributed by atoms with Crippen molar-refractivity contribution < 1.29 is 38.5 Å². The van der Waals surface area contributed by atoms with Crippen molar-refractivity contribution in [2.24, 2.45) is 11.8 Å². The summed E-state index contributed by atoms with van der Waals surface area (Å²) in [5.41, 5.74) is -1.01. The van der Waals surface area contributed by atoms with Gasteiger partial charge in [0, 0.05) is 12.1 Å². The number of nitrogens with one attached hydrogen (secondary N) is 2. The van der Waals surface area contributed by atoms with E-state index in [1.807, 2.05) is 20.8 Å². The number of aliphatic carboxylic acids is 1. The number of hydrogen-bond donors (Lipinski definition) is 3. The van der Waals surface area contributed by atoms with Crippen molar-refractivity contribution >= 4 is 24.1 Å². The van der Waals surface area contributed by atoms with E-state index < -0.39 is 29.4 Å². The van der Waals surface area contributed by atoms with E-state index in [4.69, 9.17) is 14.6 Å². The van der Waals surface area contributed by atoms with E-state index in [1.54, 1.807) is 20.8 Å². The number of amides is 2. The fraction of sp³-hybridized carbons (Fsp3) is 0.826. The molecule has 0 bridgehead atoms. The van der Waals surface area contributed by atoms with Gasteiger partial charge in [-0.2, -0.15) is 0 Å². The molecular formula is C23H40N2O8. The van der Waals surface area contributed by atoms with Crippen LogP contribution in [-0.4, -0.2) is 59.6 Å². The van der Waals surface area contributed by atoms with Crippen LogP contribution in [0.5, 0.6) is 0 Å². The fourth-order valence-electron chi connectivity index (χ4n) is 3.78. The minimum Gasteiger partial charge on any atom is -0.481 e. The number of ether oxygens (including phenoxy) is 3. The van der Waals surface area contributed by atoms with Gasteiger partial charge in [0.1, 0.15) is 11.2 Å². The molecule has 2 saturated carbocycles. The van der Waals surface area contributed by atoms with Crippen LogP contribution < -0.4 is 10.6 Å². The number of rotatable bonds is 4. The first kappa shape index (κ1) is 28.5. The number of carboxylic acids is 1. The van der Waals surface area contributed by atoms with Crippen molar-refractivity contribution in [3.63, 3.8) is 0 Å². The van der Waals surface area contributed by atoms with E-state index in [0.717, 1.165) is 12.8 Å². The maximum atomic E-state index is 11.5. The van der Waals surface area contributed by atoms with Gasteiger partial charge in [-0.05, 0) is 80.1 Å². The van der Waals surface area contributed by atoms with E-state index in [9.17, 15) is 19.2 Å². The maximum Gasteiger partial charge on any atom is 0.407 e. The van der Waals surface area contributed by atoms with E-state index in [0.29, 0.717) is 25.7 Å². The molecular weight excluding hydrogens is 432 g/mol. The highest BCUT2D eigenvalue weighted by Crippen LogP contribution is 2.27. The molecule has 33 heavy (non-hydrogen) atoms. The lowest BCUT2D eigenvalue weighted by molar-refractivity contribution is -0.145. The summed E-state index contributed by atoms with van der Waals surface area (Å²) in [5, 5.41) is 14.3. The summed E-state index contributed by atoms with van der Waals surface area (Å²) in [6.07, 6.45) is 3.11. The van der Waals surface area contributed by atoms with Gasteiger partial charge in [-0.15, -0.1) is 0 Å². The molecule has 0 aromatic heterocycles. The summed E-state index contributed by atoms with van der Waals surface area (Å²) < 4.78 is 14.9. The van der Waals surface area contributed by atoms with E-state index >= 15 is 0 Å². The number of hydrogen-bond acceptors (Lipinski definition) is 7. The second kappa shape index (κ2) is 12.1. The van der Waals surface area contributed by atoms with Gasteiger partial charge in [-0.25, -0.2) is 9.59 Å². The summed E-state index contributed by atoms with van der Waals surface area (Å²) in [7, 11) is 1.39. The van der Waals surface area contributed by atoms with Crippen LogP contribution in [0.1, 0.15) is 80.1 Å². The van der Waals surface area contributed by atoms with Crippen molar-refractivity contribution in [1.82, 2.24) is 10.6 Å². The van der Waals surface area contributed by atoms with Gasteiger partial charge in [0.05, 0.1) is 18.9 Å². The van der Waals surface area contributed by atoms with Crippen LogP contribution in [0.3, 0.4) is 0 Å². The van der Waals surface area contributed by atoms with Crippen LogP contribution in [0.25, 0.3) is 0 Å². The number of carbonyl (C=O) groups is 4. The summed E-state index contributed by atoms with van der Waals surface area (Å²) in [5.74, 6) is -1.41. The first-order valence-electron chi connectivity index (χ1n) is 11.4. The van der Waals surface area contributed by atoms with Gasteiger partial charge in [-0.1, -0.05) is 0 Å². The summed E-state index contributed by atoms with van der Waals surface area (Å²) in [6, 6.07) is -0.0649. The maximum absolute atomic E-state index is 11.5. The third-order valence-electron chi connectivity index (χ3n) is 5.19. The zero-order valence-electron chi connectivity index (χ0n) is 20.9. The SMILES string of the molecule is CC(C)(C)OC(=O)N[C@@H]1CCC(C(=O)O)C1.COC(=O)C1CC[C@@H](NC(=O)OC(C)(C)C)C1. The lowest BCUT2D eigenvalue weighted by Crippen LogP contribution is -2.38. The average Bonchev–Trinajstić information content (AvgIpc) is 3.28. The largest absolute Gasteiger partial charge is 0.481 e. The Morgan fingerprint density at radius 2 is 1.12 bits per heavy atom. The molecule has 2 unspecified atom stereocenters. The van der Waals surface area contributed by atoms with Gasteiger partial charge in [0.15, 0.2) is 0 Å². The van der Waals surface area contributed by atoms with Crippen LogP contribution in [0.15, 0.2) is 0 Å². The normalized spacial score (nSPS) is 24.7. The standard InChI is InChI=1S/C12H21NO4.C11H19NO4/c1-12(2,3)17-11(15)13-9-6-5-8(7-9)10(14)16-4;1-11(2,3)16-10(15)12-8-5-4-7(6-8)9(13)14/h8-9H,5-7H2,1-4H3,(H,13,15);7-8H,4-6H2,1-3H3,(H,12,15)(H,13,14)/t8?,9-;7?,8-/m11/s1. The topological polar surface area (TPSA) is 140 Å². The van der Waals surface area contributed by atoms with Crippen molar-refractivity contribution in [3.05, 3.63) is 0 Å². The highest BCUT2D eigenvalue weighted by Gasteiger charge is 2.33. The number of methoxy groups -OCH3 is 1. The monoisotopic (exact) mass is 472 g/mol. The third kappa shape index (κ3) is 11.8. The Bertz CT molecular complexity index is 696. The first-order valence-corrected chi connectivity index (χ1v) is 11.4. The molecule has 0 saturated heterocycles. The average molecular weight is 473 g/mol. The van der Waals surface area contributed by atoms with Crippen LogP contribution in [0.4, 0.5) is 9.59 Å². The molecule has 10 nitrogen and oxygen atoms in total. The Labute approximate surface area is 196 Å². The summed E-state index contributed by atoms with van der Waals surface area (Å²) in [4.78, 5) is 44.9.